The van der Waals surface area contributed by atoms with Crippen LogP contribution in [-0.2, 0) is 47.7 Å². The zero-order chi connectivity index (χ0) is 45.6. The molecule has 0 spiro atoms. The largest absolute Gasteiger partial charge is 0.490 e. The lowest BCUT2D eigenvalue weighted by Crippen LogP contribution is -2.58. The minimum atomic E-state index is -2.10. The summed E-state index contributed by atoms with van der Waals surface area (Å²) in [7, 11) is 2.78. The van der Waals surface area contributed by atoms with Crippen LogP contribution < -0.4 is 5.32 Å². The number of ketones is 2. The summed E-state index contributed by atoms with van der Waals surface area (Å²) in [5.41, 5.74) is 1.67. The second-order valence-electron chi connectivity index (χ2n) is 16.7. The molecule has 2 heterocycles. The molecule has 3 rings (SSSR count). The van der Waals surface area contributed by atoms with Crippen molar-refractivity contribution in [2.75, 3.05) is 14.2 Å². The summed E-state index contributed by atoms with van der Waals surface area (Å²) < 4.78 is 29.5. The first-order chi connectivity index (χ1) is 28.8. The van der Waals surface area contributed by atoms with Gasteiger partial charge >= 0.3 is 11.9 Å². The van der Waals surface area contributed by atoms with E-state index in [1.54, 1.807) is 52.0 Å². The number of aliphatic hydroxyl groups is 3. The number of nitrogens with one attached hydrogen (secondary N) is 1. The van der Waals surface area contributed by atoms with Crippen LogP contribution in [-0.4, -0.2) is 107 Å². The fourth-order valence-electron chi connectivity index (χ4n) is 7.93. The van der Waals surface area contributed by atoms with E-state index in [2.05, 4.69) is 5.32 Å². The highest BCUT2D eigenvalue weighted by molar-refractivity contribution is 6.14. The Morgan fingerprint density at radius 2 is 1.72 bits per heavy atom. The summed E-state index contributed by atoms with van der Waals surface area (Å²) in [6.07, 6.45) is 13.1. The van der Waals surface area contributed by atoms with Crippen molar-refractivity contribution in [1.82, 2.24) is 5.32 Å². The lowest BCUT2D eigenvalue weighted by Gasteiger charge is -2.48. The number of hydrogen-bond donors (Lipinski definition) is 4. The molecule has 0 aromatic heterocycles. The summed E-state index contributed by atoms with van der Waals surface area (Å²) in [6, 6.07) is -1.25. The Bertz CT molecular complexity index is 1760. The van der Waals surface area contributed by atoms with Gasteiger partial charge in [0.25, 0.3) is 0 Å². The first kappa shape index (κ1) is 50.9. The van der Waals surface area contributed by atoms with Crippen molar-refractivity contribution >= 4 is 29.4 Å². The van der Waals surface area contributed by atoms with Crippen LogP contribution in [0.3, 0.4) is 0 Å². The van der Waals surface area contributed by atoms with Gasteiger partial charge in [0.15, 0.2) is 17.4 Å². The van der Waals surface area contributed by atoms with Gasteiger partial charge in [0.05, 0.1) is 25.4 Å². The van der Waals surface area contributed by atoms with Crippen molar-refractivity contribution < 1.29 is 63.0 Å². The Labute approximate surface area is 360 Å². The molecule has 4 N–H and O–H groups in total. The van der Waals surface area contributed by atoms with Crippen LogP contribution in [0.5, 0.6) is 0 Å². The molecule has 0 radical (unpaired) electrons. The normalized spacial score (nSPS) is 31.7. The molecule has 0 bridgehead atoms. The Balaban J connectivity index is 1.97. The standard InChI is InChI=1S/C47H67NO13/c1-11-12-13-14-17-36-31(6)39(59-41(52)22-21-40(51)48-42-34(49)19-20-35(42)50)26-47(56,61-36)33(8)44(54)32(7)45-37(57-9)18-15-16-27(2)23-29(4)43(53)30(5)24-28(3)25-38(58-10)46(55)60-45/h12-18,21-22,24-25,29-33,36-37,39,42-45,53-54,56H,11,19-20,23,26H2,1-10H3,(H,48,51)/t29-,30?,31+,32-,33-,36+,37-,39+,43-,44+,45+,47+/m0/s1. The minimum absolute atomic E-state index is 0.0402. The predicted octanol–water partition coefficient (Wildman–Crippen LogP) is 5.08. The molecule has 61 heavy (non-hydrogen) atoms. The summed E-state index contributed by atoms with van der Waals surface area (Å²) in [4.78, 5) is 63.3. The van der Waals surface area contributed by atoms with Gasteiger partial charge in [-0.3, -0.25) is 14.4 Å². The van der Waals surface area contributed by atoms with Crippen LogP contribution in [0.2, 0.25) is 0 Å². The molecule has 1 unspecified atom stereocenters. The van der Waals surface area contributed by atoms with Gasteiger partial charge in [0.2, 0.25) is 11.7 Å². The average molecular weight is 854 g/mol. The number of aliphatic hydroxyl groups excluding tert-OH is 2. The Morgan fingerprint density at radius 1 is 1.05 bits per heavy atom. The highest BCUT2D eigenvalue weighted by Crippen LogP contribution is 2.41. The topological polar surface area (TPSA) is 204 Å². The van der Waals surface area contributed by atoms with E-state index in [-0.39, 0.29) is 36.9 Å². The number of cyclic esters (lactones) is 1. The van der Waals surface area contributed by atoms with Gasteiger partial charge in [-0.2, -0.15) is 0 Å². The maximum atomic E-state index is 13.8. The predicted molar refractivity (Wildman–Crippen MR) is 228 cm³/mol. The van der Waals surface area contributed by atoms with Crippen molar-refractivity contribution in [3.63, 3.8) is 0 Å². The van der Waals surface area contributed by atoms with Gasteiger partial charge in [-0.25, -0.2) is 9.59 Å². The number of ether oxygens (including phenoxy) is 5. The van der Waals surface area contributed by atoms with Crippen LogP contribution in [0.4, 0.5) is 0 Å². The third kappa shape index (κ3) is 14.3. The smallest absolute Gasteiger partial charge is 0.373 e. The van der Waals surface area contributed by atoms with E-state index < -0.39 is 95.6 Å². The van der Waals surface area contributed by atoms with Crippen molar-refractivity contribution in [1.29, 1.82) is 0 Å². The van der Waals surface area contributed by atoms with Crippen molar-refractivity contribution in [2.45, 2.75) is 136 Å². The molecule has 0 aromatic rings. The van der Waals surface area contributed by atoms with E-state index in [0.29, 0.717) is 12.0 Å². The van der Waals surface area contributed by atoms with Gasteiger partial charge in [-0.1, -0.05) is 101 Å². The molecule has 1 aliphatic carbocycles. The molecule has 14 nitrogen and oxygen atoms in total. The molecule has 1 saturated carbocycles. The Hall–Kier alpha value is -4.47. The summed E-state index contributed by atoms with van der Waals surface area (Å²) in [6.45, 7) is 14.6. The molecule has 3 aliphatic rings. The van der Waals surface area contributed by atoms with E-state index in [1.807, 2.05) is 52.0 Å². The van der Waals surface area contributed by atoms with Crippen LogP contribution in [0.1, 0.15) is 87.5 Å². The SMILES string of the molecule is CCC=CC=C[C@H]1O[C@@](O)([C@@H](C)[C@H](O)[C@H](C)[C@H]2OC(=O)C(OC)=CC(C)=CC(C)[C@@H](O)[C@@H](C)CC(C)=CC=C[C@@H]2OC)C[C@@H](OC(=O)C=CC(=O)NC2C(=O)CCC2=O)[C@@H]1C. The Kier molecular flexibility index (Phi) is 19.7. The lowest BCUT2D eigenvalue weighted by atomic mass is 9.77. The number of carbonyl (C=O) groups excluding carboxylic acids is 5. The number of amides is 1. The lowest BCUT2D eigenvalue weighted by molar-refractivity contribution is -0.314. The van der Waals surface area contributed by atoms with Crippen LogP contribution >= 0.6 is 0 Å². The zero-order valence-electron chi connectivity index (χ0n) is 37.2. The molecular formula is C47H67NO13. The van der Waals surface area contributed by atoms with Crippen LogP contribution in [0.15, 0.2) is 83.7 Å². The van der Waals surface area contributed by atoms with Crippen molar-refractivity contribution in [3.8, 4) is 0 Å². The number of esters is 2. The monoisotopic (exact) mass is 853 g/mol. The van der Waals surface area contributed by atoms with Crippen LogP contribution in [0, 0.1) is 29.6 Å². The second-order valence-corrected chi connectivity index (χ2v) is 16.7. The number of methoxy groups -OCH3 is 2. The van der Waals surface area contributed by atoms with Crippen LogP contribution in [0.25, 0.3) is 0 Å². The zero-order valence-corrected chi connectivity index (χ0v) is 37.2. The first-order valence-corrected chi connectivity index (χ1v) is 21.1. The van der Waals surface area contributed by atoms with E-state index in [1.165, 1.54) is 20.3 Å². The average Bonchev–Trinajstić information content (AvgIpc) is 3.53. The second kappa shape index (κ2) is 23.7. The summed E-state index contributed by atoms with van der Waals surface area (Å²) in [5, 5.41) is 37.7. The molecule has 338 valence electrons. The van der Waals surface area contributed by atoms with Gasteiger partial charge in [-0.15, -0.1) is 0 Å². The van der Waals surface area contributed by atoms with Gasteiger partial charge in [0.1, 0.15) is 24.4 Å². The van der Waals surface area contributed by atoms with Gasteiger partial charge in [-0.05, 0) is 38.7 Å². The van der Waals surface area contributed by atoms with Gasteiger partial charge < -0.3 is 44.3 Å². The quantitative estimate of drug-likeness (QED) is 0.0827. The molecule has 2 fully saturated rings. The molecule has 0 aromatic carbocycles. The van der Waals surface area contributed by atoms with E-state index in [9.17, 15) is 39.3 Å². The fraction of sp³-hybridized carbons (Fsp3) is 0.596. The molecule has 14 heteroatoms. The molecule has 1 saturated heterocycles. The van der Waals surface area contributed by atoms with Crippen molar-refractivity contribution in [2.24, 2.45) is 29.6 Å². The molecule has 12 atom stereocenters. The number of hydrogen-bond acceptors (Lipinski definition) is 13. The maximum absolute atomic E-state index is 13.8. The van der Waals surface area contributed by atoms with E-state index >= 15 is 0 Å². The minimum Gasteiger partial charge on any atom is -0.490 e. The fourth-order valence-corrected chi connectivity index (χ4v) is 7.93. The third-order valence-corrected chi connectivity index (χ3v) is 11.8. The maximum Gasteiger partial charge on any atom is 0.373 e. The number of carbonyl (C=O) groups is 5. The highest BCUT2D eigenvalue weighted by atomic mass is 16.6. The number of rotatable bonds is 13. The van der Waals surface area contributed by atoms with Gasteiger partial charge in [0, 0.05) is 62.2 Å². The summed E-state index contributed by atoms with van der Waals surface area (Å²) in [5.74, 6) is -8.38. The Morgan fingerprint density at radius 3 is 2.34 bits per heavy atom. The molecular weight excluding hydrogens is 787 g/mol. The molecule has 1 amide bonds. The highest BCUT2D eigenvalue weighted by Gasteiger charge is 2.52. The third-order valence-electron chi connectivity index (χ3n) is 11.8. The van der Waals surface area contributed by atoms with E-state index in [0.717, 1.165) is 24.1 Å². The van der Waals surface area contributed by atoms with Crippen molar-refractivity contribution in [3.05, 3.63) is 83.7 Å². The van der Waals surface area contributed by atoms with E-state index in [4.69, 9.17) is 23.7 Å². The number of Topliss-reactive ketones (excluding diaryl/α,β-unsaturated/α-hetero) is 2. The number of allylic oxidation sites excluding steroid dienone is 8. The summed E-state index contributed by atoms with van der Waals surface area (Å²) >= 11 is 0. The molecule has 2 aliphatic heterocycles. The first-order valence-electron chi connectivity index (χ1n) is 21.1.